The standard InChI is InChI=1S/C20H17NO7/c1-27-13-5-2-11(3-6-13)20-19(26)18(25)14-10-12(4-7-15(14)28-20)21-16(22)8-9-17(23)24/h2-7,10,26H,8-9H2,1H3,(H,21,22)(H,23,24). The Hall–Kier alpha value is -3.81. The van der Waals surface area contributed by atoms with Crippen LogP contribution in [0.15, 0.2) is 51.7 Å². The zero-order valence-electron chi connectivity index (χ0n) is 14.9. The fraction of sp³-hybridized carbons (Fsp3) is 0.150. The molecule has 8 nitrogen and oxygen atoms in total. The third-order valence-electron chi connectivity index (χ3n) is 4.07. The number of amides is 1. The number of rotatable bonds is 6. The number of anilines is 1. The quantitative estimate of drug-likeness (QED) is 0.597. The Bertz CT molecular complexity index is 1100. The summed E-state index contributed by atoms with van der Waals surface area (Å²) < 4.78 is 10.8. The molecule has 0 aliphatic rings. The van der Waals surface area contributed by atoms with Crippen LogP contribution in [0.2, 0.25) is 0 Å². The lowest BCUT2D eigenvalue weighted by atomic mass is 10.1. The van der Waals surface area contributed by atoms with Crippen molar-refractivity contribution < 1.29 is 29.0 Å². The molecular weight excluding hydrogens is 366 g/mol. The van der Waals surface area contributed by atoms with Crippen LogP contribution in [-0.4, -0.2) is 29.2 Å². The van der Waals surface area contributed by atoms with Crippen molar-refractivity contribution in [2.24, 2.45) is 0 Å². The highest BCUT2D eigenvalue weighted by Gasteiger charge is 2.16. The van der Waals surface area contributed by atoms with Crippen LogP contribution < -0.4 is 15.5 Å². The molecule has 0 saturated heterocycles. The van der Waals surface area contributed by atoms with Crippen LogP contribution in [0.3, 0.4) is 0 Å². The maximum Gasteiger partial charge on any atom is 0.303 e. The Morgan fingerprint density at radius 2 is 1.82 bits per heavy atom. The zero-order chi connectivity index (χ0) is 20.3. The molecule has 0 unspecified atom stereocenters. The van der Waals surface area contributed by atoms with Gasteiger partial charge in [-0.3, -0.25) is 14.4 Å². The van der Waals surface area contributed by atoms with Crippen molar-refractivity contribution in [3.63, 3.8) is 0 Å². The number of benzene rings is 2. The van der Waals surface area contributed by atoms with Gasteiger partial charge in [-0.2, -0.15) is 0 Å². The Morgan fingerprint density at radius 1 is 1.11 bits per heavy atom. The van der Waals surface area contributed by atoms with E-state index in [1.165, 1.54) is 25.3 Å². The number of carboxylic acids is 1. The second kappa shape index (κ2) is 7.83. The predicted molar refractivity (Wildman–Crippen MR) is 102 cm³/mol. The van der Waals surface area contributed by atoms with E-state index in [2.05, 4.69) is 5.32 Å². The third-order valence-corrected chi connectivity index (χ3v) is 4.07. The molecule has 144 valence electrons. The maximum atomic E-state index is 12.6. The van der Waals surface area contributed by atoms with Crippen molar-refractivity contribution in [3.8, 4) is 22.8 Å². The normalized spacial score (nSPS) is 10.6. The predicted octanol–water partition coefficient (Wildman–Crippen LogP) is 2.98. The van der Waals surface area contributed by atoms with Gasteiger partial charge in [0.05, 0.1) is 18.9 Å². The minimum atomic E-state index is -1.08. The van der Waals surface area contributed by atoms with Crippen molar-refractivity contribution >= 4 is 28.5 Å². The highest BCUT2D eigenvalue weighted by Crippen LogP contribution is 2.31. The van der Waals surface area contributed by atoms with E-state index in [0.29, 0.717) is 17.0 Å². The first-order valence-electron chi connectivity index (χ1n) is 8.35. The smallest absolute Gasteiger partial charge is 0.303 e. The van der Waals surface area contributed by atoms with E-state index in [4.69, 9.17) is 14.3 Å². The molecule has 3 rings (SSSR count). The monoisotopic (exact) mass is 383 g/mol. The second-order valence-electron chi connectivity index (χ2n) is 5.99. The van der Waals surface area contributed by atoms with Crippen LogP contribution in [0.25, 0.3) is 22.3 Å². The zero-order valence-corrected chi connectivity index (χ0v) is 14.9. The number of hydrogen-bond acceptors (Lipinski definition) is 6. The molecule has 1 heterocycles. The van der Waals surface area contributed by atoms with Gasteiger partial charge in [0.15, 0.2) is 5.76 Å². The number of hydrogen-bond donors (Lipinski definition) is 3. The Morgan fingerprint density at radius 3 is 2.46 bits per heavy atom. The number of aromatic hydroxyl groups is 1. The molecule has 2 aromatic carbocycles. The lowest BCUT2D eigenvalue weighted by molar-refractivity contribution is -0.138. The van der Waals surface area contributed by atoms with Crippen LogP contribution in [0.1, 0.15) is 12.8 Å². The van der Waals surface area contributed by atoms with Gasteiger partial charge in [-0.1, -0.05) is 0 Å². The molecule has 0 bridgehead atoms. The lowest BCUT2D eigenvalue weighted by Gasteiger charge is -2.09. The summed E-state index contributed by atoms with van der Waals surface area (Å²) in [7, 11) is 1.53. The SMILES string of the molecule is COc1ccc(-c2oc3ccc(NC(=O)CCC(=O)O)cc3c(=O)c2O)cc1. The van der Waals surface area contributed by atoms with E-state index in [1.807, 2.05) is 0 Å². The largest absolute Gasteiger partial charge is 0.502 e. The number of carbonyl (C=O) groups excluding carboxylic acids is 1. The van der Waals surface area contributed by atoms with Gasteiger partial charge in [0.1, 0.15) is 11.3 Å². The molecule has 0 radical (unpaired) electrons. The molecular formula is C20H17NO7. The number of carboxylic acid groups (broad SMARTS) is 1. The maximum absolute atomic E-state index is 12.6. The number of methoxy groups -OCH3 is 1. The summed E-state index contributed by atoms with van der Waals surface area (Å²) in [6, 6.07) is 11.1. The van der Waals surface area contributed by atoms with Crippen molar-refractivity contribution in [3.05, 3.63) is 52.7 Å². The average molecular weight is 383 g/mol. The first-order chi connectivity index (χ1) is 13.4. The molecule has 1 aromatic heterocycles. The molecule has 8 heteroatoms. The first-order valence-corrected chi connectivity index (χ1v) is 8.35. The van der Waals surface area contributed by atoms with Crippen molar-refractivity contribution in [2.75, 3.05) is 12.4 Å². The second-order valence-corrected chi connectivity index (χ2v) is 5.99. The van der Waals surface area contributed by atoms with Gasteiger partial charge in [0.2, 0.25) is 17.1 Å². The molecule has 3 N–H and O–H groups in total. The molecule has 28 heavy (non-hydrogen) atoms. The van der Waals surface area contributed by atoms with Gasteiger partial charge >= 0.3 is 5.97 Å². The number of fused-ring (bicyclic) bond motifs is 1. The van der Waals surface area contributed by atoms with Crippen molar-refractivity contribution in [2.45, 2.75) is 12.8 Å². The van der Waals surface area contributed by atoms with Gasteiger partial charge in [0, 0.05) is 17.7 Å². The number of aliphatic carboxylic acids is 1. The summed E-state index contributed by atoms with van der Waals surface area (Å²) in [5, 5.41) is 21.5. The van der Waals surface area contributed by atoms with Gasteiger partial charge in [-0.25, -0.2) is 0 Å². The summed E-state index contributed by atoms with van der Waals surface area (Å²) in [5.41, 5.74) is 0.390. The van der Waals surface area contributed by atoms with Crippen LogP contribution in [0.4, 0.5) is 5.69 Å². The molecule has 0 spiro atoms. The summed E-state index contributed by atoms with van der Waals surface area (Å²) >= 11 is 0. The topological polar surface area (TPSA) is 126 Å². The number of nitrogens with one attached hydrogen (secondary N) is 1. The summed E-state index contributed by atoms with van der Waals surface area (Å²) in [6.45, 7) is 0. The Kier molecular flexibility index (Phi) is 5.30. The Labute approximate surface area is 159 Å². The molecule has 0 aliphatic heterocycles. The Balaban J connectivity index is 1.95. The van der Waals surface area contributed by atoms with Gasteiger partial charge in [-0.05, 0) is 42.5 Å². The molecule has 0 saturated carbocycles. The average Bonchev–Trinajstić information content (AvgIpc) is 2.69. The van der Waals surface area contributed by atoms with E-state index >= 15 is 0 Å². The summed E-state index contributed by atoms with van der Waals surface area (Å²) in [6.07, 6.45) is -0.489. The number of carbonyl (C=O) groups is 2. The summed E-state index contributed by atoms with van der Waals surface area (Å²) in [5.74, 6) is -1.48. The fourth-order valence-electron chi connectivity index (χ4n) is 2.65. The first kappa shape index (κ1) is 19.0. The third kappa shape index (κ3) is 3.96. The van der Waals surface area contributed by atoms with Gasteiger partial charge in [0.25, 0.3) is 0 Å². The van der Waals surface area contributed by atoms with Crippen LogP contribution in [0.5, 0.6) is 11.5 Å². The fourth-order valence-corrected chi connectivity index (χ4v) is 2.65. The summed E-state index contributed by atoms with van der Waals surface area (Å²) in [4.78, 5) is 34.9. The molecule has 0 aliphatic carbocycles. The van der Waals surface area contributed by atoms with E-state index < -0.39 is 23.1 Å². The molecule has 0 atom stereocenters. The highest BCUT2D eigenvalue weighted by molar-refractivity contribution is 5.95. The van der Waals surface area contributed by atoms with Gasteiger partial charge in [-0.15, -0.1) is 0 Å². The highest BCUT2D eigenvalue weighted by atomic mass is 16.5. The minimum Gasteiger partial charge on any atom is -0.502 e. The van der Waals surface area contributed by atoms with Gasteiger partial charge < -0.3 is 24.7 Å². The lowest BCUT2D eigenvalue weighted by Crippen LogP contribution is -2.13. The van der Waals surface area contributed by atoms with Crippen LogP contribution >= 0.6 is 0 Å². The van der Waals surface area contributed by atoms with Crippen LogP contribution in [0, 0.1) is 0 Å². The molecule has 3 aromatic rings. The van der Waals surface area contributed by atoms with E-state index in [0.717, 1.165) is 0 Å². The van der Waals surface area contributed by atoms with Crippen molar-refractivity contribution in [1.29, 1.82) is 0 Å². The van der Waals surface area contributed by atoms with Crippen molar-refractivity contribution in [1.82, 2.24) is 0 Å². The van der Waals surface area contributed by atoms with Crippen LogP contribution in [-0.2, 0) is 9.59 Å². The van der Waals surface area contributed by atoms with E-state index in [1.54, 1.807) is 24.3 Å². The minimum absolute atomic E-state index is 0.0263. The molecule has 1 amide bonds. The van der Waals surface area contributed by atoms with E-state index in [9.17, 15) is 19.5 Å². The molecule has 0 fully saturated rings. The number of ether oxygens (including phenoxy) is 1. The van der Waals surface area contributed by atoms with E-state index in [-0.39, 0.29) is 29.6 Å².